The van der Waals surface area contributed by atoms with Gasteiger partial charge in [0.2, 0.25) is 11.8 Å². The van der Waals surface area contributed by atoms with Crippen LogP contribution in [0.3, 0.4) is 0 Å². The Bertz CT molecular complexity index is 1420. The number of carbonyl (C=O) groups excluding carboxylic acids is 2. The predicted molar refractivity (Wildman–Crippen MR) is 155 cm³/mol. The second-order valence-corrected chi connectivity index (χ2v) is 11.2. The first-order valence-corrected chi connectivity index (χ1v) is 14.7. The molecule has 0 aromatic heterocycles. The van der Waals surface area contributed by atoms with Crippen molar-refractivity contribution >= 4 is 27.5 Å². The Hall–Kier alpha value is -4.12. The number of hydrogen-bond acceptors (Lipinski definition) is 6. The smallest absolute Gasteiger partial charge is 0.264 e. The van der Waals surface area contributed by atoms with Crippen molar-refractivity contribution in [1.82, 2.24) is 10.2 Å². The lowest BCUT2D eigenvalue weighted by atomic mass is 10.1. The normalized spacial score (nSPS) is 11.8. The summed E-state index contributed by atoms with van der Waals surface area (Å²) in [5.41, 5.74) is 1.04. The Labute approximate surface area is 240 Å². The highest BCUT2D eigenvalue weighted by Crippen LogP contribution is 2.32. The second kappa shape index (κ2) is 14.5. The van der Waals surface area contributed by atoms with Crippen molar-refractivity contribution in [3.8, 4) is 11.5 Å². The molecule has 0 heterocycles. The molecule has 0 saturated carbocycles. The lowest BCUT2D eigenvalue weighted by molar-refractivity contribution is -0.138. The molecule has 0 aliphatic carbocycles. The molecule has 1 atom stereocenters. The third kappa shape index (κ3) is 7.97. The van der Waals surface area contributed by atoms with Gasteiger partial charge in [0.25, 0.3) is 10.0 Å². The average molecular weight is 586 g/mol. The van der Waals surface area contributed by atoms with Crippen LogP contribution >= 0.6 is 0 Å². The van der Waals surface area contributed by atoms with Gasteiger partial charge in [-0.25, -0.2) is 12.8 Å². The number of rotatable bonds is 14. The summed E-state index contributed by atoms with van der Waals surface area (Å²) >= 11 is 0. The van der Waals surface area contributed by atoms with Crippen LogP contribution in [0.4, 0.5) is 10.1 Å². The zero-order chi connectivity index (χ0) is 30.0. The van der Waals surface area contributed by atoms with Crippen molar-refractivity contribution in [3.63, 3.8) is 0 Å². The summed E-state index contributed by atoms with van der Waals surface area (Å²) in [7, 11) is -1.55. The van der Waals surface area contributed by atoms with Gasteiger partial charge in [-0.15, -0.1) is 0 Å². The van der Waals surface area contributed by atoms with E-state index < -0.39 is 34.3 Å². The molecule has 0 fully saturated rings. The lowest BCUT2D eigenvalue weighted by Gasteiger charge is -2.32. The molecule has 3 aromatic carbocycles. The molecule has 11 heteroatoms. The molecular formula is C30H36FN3O6S. The minimum Gasteiger partial charge on any atom is -0.493 e. The third-order valence-corrected chi connectivity index (χ3v) is 8.31. The maximum absolute atomic E-state index is 14.0. The first-order chi connectivity index (χ1) is 19.6. The molecule has 3 rings (SSSR count). The van der Waals surface area contributed by atoms with Crippen LogP contribution in [-0.2, 0) is 26.0 Å². The van der Waals surface area contributed by atoms with Crippen molar-refractivity contribution in [2.75, 3.05) is 38.2 Å². The number of nitrogens with zero attached hydrogens (tertiary/aromatic N) is 2. The van der Waals surface area contributed by atoms with Gasteiger partial charge in [0, 0.05) is 19.2 Å². The summed E-state index contributed by atoms with van der Waals surface area (Å²) in [6.07, 6.45) is 1.18. The molecule has 1 unspecified atom stereocenters. The van der Waals surface area contributed by atoms with Gasteiger partial charge in [0.1, 0.15) is 18.4 Å². The van der Waals surface area contributed by atoms with Crippen molar-refractivity contribution < 1.29 is 31.9 Å². The fraction of sp³-hybridized carbons (Fsp3) is 0.333. The number of methoxy groups -OCH3 is 2. The van der Waals surface area contributed by atoms with Crippen molar-refractivity contribution in [2.45, 2.75) is 37.6 Å². The van der Waals surface area contributed by atoms with E-state index in [2.05, 4.69) is 5.32 Å². The van der Waals surface area contributed by atoms with E-state index in [-0.39, 0.29) is 28.8 Å². The number of sulfonamides is 1. The quantitative estimate of drug-likeness (QED) is 0.306. The number of carbonyl (C=O) groups is 2. The average Bonchev–Trinajstić information content (AvgIpc) is 2.99. The summed E-state index contributed by atoms with van der Waals surface area (Å²) in [4.78, 5) is 28.0. The molecule has 0 aliphatic rings. The minimum atomic E-state index is -4.35. The summed E-state index contributed by atoms with van der Waals surface area (Å²) in [6.45, 7) is 3.53. The first kappa shape index (κ1) is 31.4. The van der Waals surface area contributed by atoms with Gasteiger partial charge in [-0.3, -0.25) is 13.9 Å². The number of amides is 2. The molecule has 1 N–H and O–H groups in total. The van der Waals surface area contributed by atoms with E-state index in [1.54, 1.807) is 6.92 Å². The first-order valence-electron chi connectivity index (χ1n) is 13.2. The van der Waals surface area contributed by atoms with Gasteiger partial charge >= 0.3 is 0 Å². The number of ether oxygens (including phenoxy) is 2. The molecule has 0 saturated heterocycles. The van der Waals surface area contributed by atoms with Crippen LogP contribution in [0, 0.1) is 5.82 Å². The fourth-order valence-electron chi connectivity index (χ4n) is 4.21. The highest BCUT2D eigenvalue weighted by molar-refractivity contribution is 7.92. The molecular weight excluding hydrogens is 549 g/mol. The van der Waals surface area contributed by atoms with Gasteiger partial charge in [-0.2, -0.15) is 0 Å². The monoisotopic (exact) mass is 585 g/mol. The van der Waals surface area contributed by atoms with Gasteiger partial charge in [0.15, 0.2) is 11.5 Å². The molecule has 0 bridgehead atoms. The highest BCUT2D eigenvalue weighted by Gasteiger charge is 2.32. The van der Waals surface area contributed by atoms with E-state index in [1.165, 1.54) is 49.5 Å². The maximum Gasteiger partial charge on any atom is 0.264 e. The molecule has 0 spiro atoms. The van der Waals surface area contributed by atoms with Crippen LogP contribution in [0.5, 0.6) is 11.5 Å². The van der Waals surface area contributed by atoms with Crippen LogP contribution in [0.1, 0.15) is 25.8 Å². The Balaban J connectivity index is 2.00. The zero-order valence-electron chi connectivity index (χ0n) is 23.7. The molecule has 41 heavy (non-hydrogen) atoms. The number of halogens is 1. The summed E-state index contributed by atoms with van der Waals surface area (Å²) in [5.74, 6) is -0.980. The zero-order valence-corrected chi connectivity index (χ0v) is 24.5. The SMILES string of the molecule is CCCNC(=O)C(C)N(CCc1ccccc1)C(=O)CN(c1ccc(F)cc1)S(=O)(=O)c1ccc(OC)c(OC)c1. The van der Waals surface area contributed by atoms with Crippen LogP contribution in [-0.4, -0.2) is 65.0 Å². The Morgan fingerprint density at radius 1 is 0.951 bits per heavy atom. The van der Waals surface area contributed by atoms with Crippen LogP contribution in [0.15, 0.2) is 77.7 Å². The summed E-state index contributed by atoms with van der Waals surface area (Å²) in [5, 5.41) is 2.80. The van der Waals surface area contributed by atoms with Crippen molar-refractivity contribution in [2.24, 2.45) is 0 Å². The topological polar surface area (TPSA) is 105 Å². The van der Waals surface area contributed by atoms with E-state index in [1.807, 2.05) is 37.3 Å². The number of hydrogen-bond donors (Lipinski definition) is 1. The molecule has 2 amide bonds. The fourth-order valence-corrected chi connectivity index (χ4v) is 5.64. The minimum absolute atomic E-state index is 0.0839. The Morgan fingerprint density at radius 3 is 2.22 bits per heavy atom. The number of anilines is 1. The van der Waals surface area contributed by atoms with Gasteiger partial charge in [0.05, 0.1) is 24.8 Å². The largest absolute Gasteiger partial charge is 0.493 e. The molecule has 0 aliphatic heterocycles. The molecule has 0 radical (unpaired) electrons. The standard InChI is InChI=1S/C30H36FN3O6S/c1-5-18-32-30(36)22(2)33(19-17-23-9-7-6-8-10-23)29(35)21-34(25-13-11-24(31)12-14-25)41(37,38)26-15-16-27(39-3)28(20-26)40-4/h6-16,20,22H,5,17-19,21H2,1-4H3,(H,32,36). The van der Waals surface area contributed by atoms with Crippen molar-refractivity contribution in [1.29, 1.82) is 0 Å². The lowest BCUT2D eigenvalue weighted by Crippen LogP contribution is -2.52. The number of nitrogens with one attached hydrogen (secondary N) is 1. The Morgan fingerprint density at radius 2 is 1.61 bits per heavy atom. The number of benzene rings is 3. The van der Waals surface area contributed by atoms with E-state index in [9.17, 15) is 22.4 Å². The van der Waals surface area contributed by atoms with E-state index >= 15 is 0 Å². The van der Waals surface area contributed by atoms with Gasteiger partial charge in [-0.1, -0.05) is 37.3 Å². The molecule has 3 aromatic rings. The summed E-state index contributed by atoms with van der Waals surface area (Å²) in [6, 6.07) is 17.5. The van der Waals surface area contributed by atoms with Crippen LogP contribution < -0.4 is 19.1 Å². The Kier molecular flexibility index (Phi) is 11.1. The van der Waals surface area contributed by atoms with E-state index in [0.29, 0.717) is 18.7 Å². The van der Waals surface area contributed by atoms with Crippen molar-refractivity contribution in [3.05, 3.63) is 84.2 Å². The van der Waals surface area contributed by atoms with Crippen LogP contribution in [0.2, 0.25) is 0 Å². The highest BCUT2D eigenvalue weighted by atomic mass is 32.2. The predicted octanol–water partition coefficient (Wildman–Crippen LogP) is 4.02. The van der Waals surface area contributed by atoms with Crippen LogP contribution in [0.25, 0.3) is 0 Å². The second-order valence-electron chi connectivity index (χ2n) is 9.29. The van der Waals surface area contributed by atoms with Gasteiger partial charge in [-0.05, 0) is 61.7 Å². The summed E-state index contributed by atoms with van der Waals surface area (Å²) < 4.78 is 53.1. The maximum atomic E-state index is 14.0. The molecule has 220 valence electrons. The van der Waals surface area contributed by atoms with E-state index in [4.69, 9.17) is 9.47 Å². The molecule has 9 nitrogen and oxygen atoms in total. The van der Waals surface area contributed by atoms with Gasteiger partial charge < -0.3 is 19.7 Å². The van der Waals surface area contributed by atoms with E-state index in [0.717, 1.165) is 28.4 Å². The third-order valence-electron chi connectivity index (χ3n) is 6.54.